The number of rotatable bonds is 2. The second-order valence-corrected chi connectivity index (χ2v) is 5.67. The minimum atomic E-state index is -0.429. The molecule has 1 amide bonds. The fourth-order valence-electron chi connectivity index (χ4n) is 1.56. The highest BCUT2D eigenvalue weighted by Gasteiger charge is 2.12. The third-order valence-corrected chi connectivity index (χ3v) is 3.61. The predicted molar refractivity (Wildman–Crippen MR) is 91.6 cm³/mol. The van der Waals surface area contributed by atoms with E-state index in [0.29, 0.717) is 15.7 Å². The summed E-state index contributed by atoms with van der Waals surface area (Å²) >= 11 is 22.8. The van der Waals surface area contributed by atoms with Crippen molar-refractivity contribution < 1.29 is 4.79 Å². The Hall–Kier alpha value is -1.33. The molecule has 21 heavy (non-hydrogen) atoms. The van der Waals surface area contributed by atoms with E-state index in [2.05, 4.69) is 10.6 Å². The van der Waals surface area contributed by atoms with Crippen LogP contribution in [0.5, 0.6) is 0 Å². The van der Waals surface area contributed by atoms with E-state index < -0.39 is 5.91 Å². The number of para-hydroxylation sites is 1. The molecule has 2 N–H and O–H groups in total. The van der Waals surface area contributed by atoms with Crippen molar-refractivity contribution in [3.8, 4) is 0 Å². The maximum absolute atomic E-state index is 12.1. The third-order valence-electron chi connectivity index (χ3n) is 2.52. The zero-order chi connectivity index (χ0) is 15.4. The van der Waals surface area contributed by atoms with Crippen LogP contribution in [-0.2, 0) is 0 Å². The monoisotopic (exact) mass is 358 g/mol. The van der Waals surface area contributed by atoms with Gasteiger partial charge in [-0.2, -0.15) is 0 Å². The number of nitrogens with one attached hydrogen (secondary N) is 2. The van der Waals surface area contributed by atoms with Crippen molar-refractivity contribution in [1.29, 1.82) is 0 Å². The first-order valence-corrected chi connectivity index (χ1v) is 7.33. The normalized spacial score (nSPS) is 10.0. The lowest BCUT2D eigenvalue weighted by molar-refractivity contribution is 0.0978. The smallest absolute Gasteiger partial charge is 0.258 e. The number of thiocarbonyl (C=S) groups is 1. The molecule has 0 aromatic heterocycles. The molecule has 0 unspecified atom stereocenters. The maximum atomic E-state index is 12.1. The van der Waals surface area contributed by atoms with Crippen molar-refractivity contribution in [2.45, 2.75) is 0 Å². The predicted octanol–water partition coefficient (Wildman–Crippen LogP) is 4.77. The van der Waals surface area contributed by atoms with Crippen molar-refractivity contribution in [3.05, 3.63) is 63.1 Å². The van der Waals surface area contributed by atoms with Crippen LogP contribution >= 0.6 is 47.0 Å². The zero-order valence-electron chi connectivity index (χ0n) is 10.5. The Morgan fingerprint density at radius 1 is 1.00 bits per heavy atom. The van der Waals surface area contributed by atoms with Gasteiger partial charge < -0.3 is 5.32 Å². The Balaban J connectivity index is 2.06. The molecule has 0 atom stereocenters. The van der Waals surface area contributed by atoms with Crippen molar-refractivity contribution in [2.75, 3.05) is 5.32 Å². The van der Waals surface area contributed by atoms with Crippen molar-refractivity contribution in [1.82, 2.24) is 5.32 Å². The molecule has 0 aliphatic rings. The number of halogens is 3. The van der Waals surface area contributed by atoms with Gasteiger partial charge in [-0.05, 0) is 42.5 Å². The van der Waals surface area contributed by atoms with Gasteiger partial charge in [0.05, 0.1) is 21.3 Å². The summed E-state index contributed by atoms with van der Waals surface area (Å²) in [4.78, 5) is 12.1. The molecule has 3 nitrogen and oxygen atoms in total. The van der Waals surface area contributed by atoms with Gasteiger partial charge in [-0.25, -0.2) is 0 Å². The van der Waals surface area contributed by atoms with Crippen LogP contribution in [0, 0.1) is 0 Å². The zero-order valence-corrected chi connectivity index (χ0v) is 13.6. The van der Waals surface area contributed by atoms with Crippen molar-refractivity contribution in [3.63, 3.8) is 0 Å². The van der Waals surface area contributed by atoms with Crippen LogP contribution in [0.4, 0.5) is 5.69 Å². The van der Waals surface area contributed by atoms with E-state index in [-0.39, 0.29) is 15.7 Å². The van der Waals surface area contributed by atoms with E-state index in [9.17, 15) is 4.79 Å². The highest BCUT2D eigenvalue weighted by molar-refractivity contribution is 7.80. The molecule has 0 heterocycles. The molecule has 7 heteroatoms. The van der Waals surface area contributed by atoms with Crippen LogP contribution in [0.2, 0.25) is 15.1 Å². The van der Waals surface area contributed by atoms with Crippen LogP contribution in [0.25, 0.3) is 0 Å². The summed E-state index contributed by atoms with van der Waals surface area (Å²) in [5.41, 5.74) is 0.885. The van der Waals surface area contributed by atoms with E-state index in [0.717, 1.165) is 0 Å². The lowest BCUT2D eigenvalue weighted by atomic mass is 10.2. The summed E-state index contributed by atoms with van der Waals surface area (Å²) < 4.78 is 0. The fourth-order valence-corrected chi connectivity index (χ4v) is 2.44. The molecule has 0 spiro atoms. The van der Waals surface area contributed by atoms with Crippen LogP contribution in [0.15, 0.2) is 42.5 Å². The number of benzene rings is 2. The summed E-state index contributed by atoms with van der Waals surface area (Å²) in [7, 11) is 0. The minimum Gasteiger partial charge on any atom is -0.331 e. The molecule has 2 rings (SSSR count). The first-order valence-electron chi connectivity index (χ1n) is 5.79. The molecule has 0 radical (unpaired) electrons. The summed E-state index contributed by atoms with van der Waals surface area (Å²) in [5.74, 6) is -0.429. The van der Waals surface area contributed by atoms with Crippen LogP contribution < -0.4 is 10.6 Å². The Labute approximate surface area is 142 Å². The second kappa shape index (κ2) is 7.09. The topological polar surface area (TPSA) is 41.1 Å². The summed E-state index contributed by atoms with van der Waals surface area (Å²) in [5, 5.41) is 6.69. The largest absolute Gasteiger partial charge is 0.331 e. The molecule has 0 saturated heterocycles. The molecular weight excluding hydrogens is 351 g/mol. The Bertz CT molecular complexity index is 706. The molecule has 0 aliphatic heterocycles. The summed E-state index contributed by atoms with van der Waals surface area (Å²) in [6.07, 6.45) is 0. The van der Waals surface area contributed by atoms with Gasteiger partial charge in [-0.15, -0.1) is 0 Å². The number of hydrogen-bond acceptors (Lipinski definition) is 2. The second-order valence-electron chi connectivity index (χ2n) is 4.01. The van der Waals surface area contributed by atoms with Gasteiger partial charge in [0.1, 0.15) is 0 Å². The molecule has 108 valence electrons. The van der Waals surface area contributed by atoms with Crippen LogP contribution in [-0.4, -0.2) is 11.0 Å². The van der Waals surface area contributed by atoms with Crippen LogP contribution in [0.3, 0.4) is 0 Å². The summed E-state index contributed by atoms with van der Waals surface area (Å²) in [6.45, 7) is 0. The van der Waals surface area contributed by atoms with E-state index in [1.807, 2.05) is 0 Å². The van der Waals surface area contributed by atoms with Gasteiger partial charge in [0.2, 0.25) is 0 Å². The van der Waals surface area contributed by atoms with Gasteiger partial charge >= 0.3 is 0 Å². The Kier molecular flexibility index (Phi) is 5.42. The van der Waals surface area contributed by atoms with Gasteiger partial charge in [-0.1, -0.05) is 46.9 Å². The number of carbonyl (C=O) groups is 1. The van der Waals surface area contributed by atoms with Crippen molar-refractivity contribution >= 4 is 63.7 Å². The van der Waals surface area contributed by atoms with E-state index in [1.165, 1.54) is 12.1 Å². The standard InChI is InChI=1S/C14H9Cl3N2OS/c15-8-5-6-9(11(17)7-8)13(20)19-14(21)18-12-4-2-1-3-10(12)16/h1-7H,(H2,18,19,20,21). The quantitative estimate of drug-likeness (QED) is 0.759. The highest BCUT2D eigenvalue weighted by Crippen LogP contribution is 2.22. The van der Waals surface area contributed by atoms with Crippen LogP contribution in [0.1, 0.15) is 10.4 Å². The van der Waals surface area contributed by atoms with Gasteiger partial charge in [0.15, 0.2) is 5.11 Å². The van der Waals surface area contributed by atoms with Gasteiger partial charge in [0.25, 0.3) is 5.91 Å². The lowest BCUT2D eigenvalue weighted by Gasteiger charge is -2.11. The van der Waals surface area contributed by atoms with Gasteiger partial charge in [0, 0.05) is 5.02 Å². The highest BCUT2D eigenvalue weighted by atomic mass is 35.5. The molecule has 2 aromatic rings. The molecule has 0 fully saturated rings. The number of carbonyl (C=O) groups excluding carboxylic acids is 1. The number of anilines is 1. The molecule has 2 aromatic carbocycles. The van der Waals surface area contributed by atoms with Gasteiger partial charge in [-0.3, -0.25) is 10.1 Å². The number of hydrogen-bond donors (Lipinski definition) is 2. The first kappa shape index (κ1) is 16.0. The fraction of sp³-hybridized carbons (Fsp3) is 0. The third kappa shape index (κ3) is 4.32. The number of amides is 1. The lowest BCUT2D eigenvalue weighted by Crippen LogP contribution is -2.34. The van der Waals surface area contributed by atoms with E-state index in [4.69, 9.17) is 47.0 Å². The first-order chi connectivity index (χ1) is 9.97. The molecule has 0 saturated carbocycles. The molecule has 0 aliphatic carbocycles. The molecule has 0 bridgehead atoms. The minimum absolute atomic E-state index is 0.124. The SMILES string of the molecule is O=C(NC(=S)Nc1ccccc1Cl)c1ccc(Cl)cc1Cl. The maximum Gasteiger partial charge on any atom is 0.258 e. The van der Waals surface area contributed by atoms with E-state index >= 15 is 0 Å². The average molecular weight is 360 g/mol. The Morgan fingerprint density at radius 3 is 2.38 bits per heavy atom. The molecular formula is C14H9Cl3N2OS. The summed E-state index contributed by atoms with van der Waals surface area (Å²) in [6, 6.07) is 11.6. The van der Waals surface area contributed by atoms with E-state index in [1.54, 1.807) is 30.3 Å². The van der Waals surface area contributed by atoms with Crippen molar-refractivity contribution in [2.24, 2.45) is 0 Å². The Morgan fingerprint density at radius 2 is 1.71 bits per heavy atom. The average Bonchev–Trinajstić information content (AvgIpc) is 2.41.